The summed E-state index contributed by atoms with van der Waals surface area (Å²) in [7, 11) is -5.05. The van der Waals surface area contributed by atoms with E-state index in [-0.39, 0.29) is 13.0 Å². The number of esters is 1. The molecule has 12 nitrogen and oxygen atoms in total. The zero-order valence-corrected chi connectivity index (χ0v) is 37.1. The fraction of sp³-hybridized carbons (Fsp3) is 0.638. The van der Waals surface area contributed by atoms with Crippen molar-refractivity contribution in [2.75, 3.05) is 19.8 Å². The highest BCUT2D eigenvalue weighted by Crippen LogP contribution is 2.47. The first-order valence-corrected chi connectivity index (χ1v) is 23.6. The molecule has 0 saturated heterocycles. The van der Waals surface area contributed by atoms with Crippen LogP contribution in [0.25, 0.3) is 0 Å². The maximum atomic E-state index is 12.8. The molecule has 1 saturated carbocycles. The van der Waals surface area contributed by atoms with Crippen molar-refractivity contribution >= 4 is 13.8 Å². The van der Waals surface area contributed by atoms with Crippen LogP contribution < -0.4 is 0 Å². The molecule has 0 aromatic rings. The summed E-state index contributed by atoms with van der Waals surface area (Å²) < 4.78 is 34.0. The third-order valence-electron chi connectivity index (χ3n) is 9.44. The van der Waals surface area contributed by atoms with Gasteiger partial charge < -0.3 is 39.9 Å². The molecule has 0 bridgehead atoms. The average Bonchev–Trinajstić information content (AvgIpc) is 3.23. The van der Waals surface area contributed by atoms with Crippen LogP contribution in [0.15, 0.2) is 97.2 Å². The number of phosphoric ester groups is 1. The predicted octanol–water partition coefficient (Wildman–Crippen LogP) is 8.75. The van der Waals surface area contributed by atoms with E-state index in [0.29, 0.717) is 19.4 Å². The molecular formula is C47H77O12P. The van der Waals surface area contributed by atoms with Gasteiger partial charge in [-0.1, -0.05) is 143 Å². The van der Waals surface area contributed by atoms with Crippen molar-refractivity contribution in [3.8, 4) is 0 Å². The van der Waals surface area contributed by atoms with Gasteiger partial charge in [-0.3, -0.25) is 13.8 Å². The Bertz CT molecular complexity index is 1350. The Balaban J connectivity index is 2.50. The quantitative estimate of drug-likeness (QED) is 0.0154. The van der Waals surface area contributed by atoms with Crippen molar-refractivity contribution in [1.82, 2.24) is 0 Å². The summed E-state index contributed by atoms with van der Waals surface area (Å²) in [6.07, 6.45) is 37.7. The van der Waals surface area contributed by atoms with Crippen LogP contribution in [0, 0.1) is 0 Å². The third kappa shape index (κ3) is 28.7. The van der Waals surface area contributed by atoms with E-state index in [9.17, 15) is 39.8 Å². The largest absolute Gasteiger partial charge is 0.472 e. The molecular weight excluding hydrogens is 787 g/mol. The normalized spacial score (nSPS) is 23.3. The molecule has 1 rings (SSSR count). The van der Waals surface area contributed by atoms with Crippen molar-refractivity contribution in [3.63, 3.8) is 0 Å². The van der Waals surface area contributed by atoms with E-state index in [1.807, 2.05) is 12.2 Å². The Morgan fingerprint density at radius 2 is 0.983 bits per heavy atom. The van der Waals surface area contributed by atoms with Crippen LogP contribution in [0.5, 0.6) is 0 Å². The number of hydrogen-bond acceptors (Lipinski definition) is 11. The van der Waals surface area contributed by atoms with Crippen LogP contribution in [-0.4, -0.2) is 98.9 Å². The fourth-order valence-electron chi connectivity index (χ4n) is 5.95. The molecule has 0 heterocycles. The summed E-state index contributed by atoms with van der Waals surface area (Å²) in [5.74, 6) is -0.568. The number of carbonyl (C=O) groups excluding carboxylic acids is 1. The monoisotopic (exact) mass is 865 g/mol. The summed E-state index contributed by atoms with van der Waals surface area (Å²) in [6.45, 7) is 3.94. The molecule has 6 unspecified atom stereocenters. The van der Waals surface area contributed by atoms with Crippen molar-refractivity contribution in [2.45, 2.75) is 172 Å². The number of allylic oxidation sites excluding steroid dienone is 16. The standard InChI is InChI=1S/C47H77O12P/c1-3-5-7-9-11-13-15-17-19-20-21-22-23-24-26-28-30-32-34-36-41(48)58-40(38-56-37-35-33-31-29-27-25-18-16-14-12-10-8-6-4-2)39-57-60(54,55)59-47-45(52)43(50)42(49)44(51)46(47)53/h5,7-8,10-11,13-14,16-17,19,21-22,24,26,30,32,40,42-47,49-53H,3-4,6,9,12,15,18,20,23,25,27-29,31,33-39H2,1-2H3,(H,54,55)/b7-5-,10-8-,13-11-,16-14-,19-17-,22-21-,26-24-,32-30-. The Morgan fingerprint density at radius 1 is 0.550 bits per heavy atom. The molecule has 0 aliphatic heterocycles. The molecule has 0 spiro atoms. The molecule has 1 aliphatic rings. The molecule has 13 heteroatoms. The average molecular weight is 865 g/mol. The minimum Gasteiger partial charge on any atom is -0.457 e. The van der Waals surface area contributed by atoms with Gasteiger partial charge in [-0.2, -0.15) is 0 Å². The first kappa shape index (κ1) is 55.3. The maximum Gasteiger partial charge on any atom is 0.472 e. The maximum absolute atomic E-state index is 12.8. The van der Waals surface area contributed by atoms with Crippen molar-refractivity contribution in [2.24, 2.45) is 0 Å². The smallest absolute Gasteiger partial charge is 0.457 e. The highest BCUT2D eigenvalue weighted by atomic mass is 31.2. The van der Waals surface area contributed by atoms with Gasteiger partial charge in [0.05, 0.1) is 13.2 Å². The second-order valence-electron chi connectivity index (χ2n) is 14.8. The summed E-state index contributed by atoms with van der Waals surface area (Å²) in [4.78, 5) is 23.1. The zero-order valence-electron chi connectivity index (χ0n) is 36.2. The Labute approximate surface area is 360 Å². The van der Waals surface area contributed by atoms with Gasteiger partial charge in [0, 0.05) is 13.0 Å². The van der Waals surface area contributed by atoms with Crippen LogP contribution in [0.1, 0.15) is 129 Å². The molecule has 0 aromatic heterocycles. The lowest BCUT2D eigenvalue weighted by Gasteiger charge is -2.41. The van der Waals surface area contributed by atoms with Crippen molar-refractivity contribution in [1.29, 1.82) is 0 Å². The van der Waals surface area contributed by atoms with Crippen LogP contribution in [0.4, 0.5) is 0 Å². The van der Waals surface area contributed by atoms with Crippen molar-refractivity contribution < 1.29 is 58.3 Å². The van der Waals surface area contributed by atoms with E-state index >= 15 is 0 Å². The first-order valence-electron chi connectivity index (χ1n) is 22.1. The van der Waals surface area contributed by atoms with E-state index < -0.39 is 63.1 Å². The number of ether oxygens (including phenoxy) is 2. The van der Waals surface area contributed by atoms with Crippen LogP contribution >= 0.6 is 7.82 Å². The minimum absolute atomic E-state index is 0.0519. The SMILES string of the molecule is CC/C=C\C/C=C\C/C=C\C/C=C\C/C=C\C/C=C\CCC(=O)OC(COCCCCCCCC/C=C\C/C=C\CCC)COP(=O)(O)OC1C(O)C(O)C(O)C(O)C1O. The predicted molar refractivity (Wildman–Crippen MR) is 239 cm³/mol. The number of aliphatic hydroxyl groups is 5. The molecule has 342 valence electrons. The lowest BCUT2D eigenvalue weighted by molar-refractivity contribution is -0.220. The van der Waals surface area contributed by atoms with Gasteiger partial charge in [0.1, 0.15) is 42.7 Å². The van der Waals surface area contributed by atoms with E-state index in [1.54, 1.807) is 0 Å². The van der Waals surface area contributed by atoms with Crippen LogP contribution in [0.3, 0.4) is 0 Å². The molecule has 0 aromatic carbocycles. The van der Waals surface area contributed by atoms with Gasteiger partial charge in [0.15, 0.2) is 0 Å². The van der Waals surface area contributed by atoms with E-state index in [2.05, 4.69) is 98.9 Å². The van der Waals surface area contributed by atoms with Crippen LogP contribution in [0.2, 0.25) is 0 Å². The van der Waals surface area contributed by atoms with E-state index in [1.165, 1.54) is 6.42 Å². The van der Waals surface area contributed by atoms with Gasteiger partial charge in [0.25, 0.3) is 0 Å². The number of carbonyl (C=O) groups is 1. The molecule has 1 aliphatic carbocycles. The molecule has 0 amide bonds. The molecule has 1 fully saturated rings. The number of hydrogen-bond donors (Lipinski definition) is 6. The summed E-state index contributed by atoms with van der Waals surface area (Å²) in [6, 6.07) is 0. The number of unbranched alkanes of at least 4 members (excludes halogenated alkanes) is 7. The number of aliphatic hydroxyl groups excluding tert-OH is 5. The second kappa shape index (κ2) is 36.9. The van der Waals surface area contributed by atoms with Gasteiger partial charge in [0.2, 0.25) is 0 Å². The van der Waals surface area contributed by atoms with Crippen LogP contribution in [-0.2, 0) is 27.9 Å². The minimum atomic E-state index is -5.05. The summed E-state index contributed by atoms with van der Waals surface area (Å²) in [5.41, 5.74) is 0. The molecule has 0 radical (unpaired) electrons. The Hall–Kier alpha value is -2.74. The van der Waals surface area contributed by atoms with Gasteiger partial charge in [-0.25, -0.2) is 4.57 Å². The molecule has 60 heavy (non-hydrogen) atoms. The summed E-state index contributed by atoms with van der Waals surface area (Å²) in [5, 5.41) is 50.1. The number of rotatable bonds is 35. The lowest BCUT2D eigenvalue weighted by atomic mass is 9.85. The Kier molecular flexibility index (Phi) is 34.0. The molecule has 6 atom stereocenters. The highest BCUT2D eigenvalue weighted by Gasteiger charge is 2.51. The van der Waals surface area contributed by atoms with Gasteiger partial charge in [-0.05, 0) is 77.0 Å². The highest BCUT2D eigenvalue weighted by molar-refractivity contribution is 7.47. The van der Waals surface area contributed by atoms with Gasteiger partial charge in [-0.15, -0.1) is 0 Å². The Morgan fingerprint density at radius 3 is 1.50 bits per heavy atom. The summed E-state index contributed by atoms with van der Waals surface area (Å²) >= 11 is 0. The topological polar surface area (TPSA) is 192 Å². The van der Waals surface area contributed by atoms with E-state index in [4.69, 9.17) is 18.5 Å². The molecule has 6 N–H and O–H groups in total. The number of phosphoric acid groups is 1. The zero-order chi connectivity index (χ0) is 44.1. The van der Waals surface area contributed by atoms with Gasteiger partial charge >= 0.3 is 13.8 Å². The first-order chi connectivity index (χ1) is 29.0. The third-order valence-corrected chi connectivity index (χ3v) is 10.4. The lowest BCUT2D eigenvalue weighted by Crippen LogP contribution is -2.64. The second-order valence-corrected chi connectivity index (χ2v) is 16.2. The van der Waals surface area contributed by atoms with Crippen molar-refractivity contribution in [3.05, 3.63) is 97.2 Å². The van der Waals surface area contributed by atoms with E-state index in [0.717, 1.165) is 89.9 Å². The fourth-order valence-corrected chi connectivity index (χ4v) is 6.92.